The molecule has 1 heterocycles. The zero-order valence-corrected chi connectivity index (χ0v) is 14.8. The van der Waals surface area contributed by atoms with Gasteiger partial charge in [-0.25, -0.2) is 4.98 Å². The highest BCUT2D eigenvalue weighted by molar-refractivity contribution is 7.11. The van der Waals surface area contributed by atoms with Gasteiger partial charge in [0.15, 0.2) is 0 Å². The first-order valence-corrected chi connectivity index (χ1v) is 8.93. The molecule has 0 fully saturated rings. The van der Waals surface area contributed by atoms with Crippen molar-refractivity contribution >= 4 is 11.3 Å². The quantitative estimate of drug-likeness (QED) is 0.700. The number of rotatable bonds is 6. The molecule has 1 aromatic heterocycles. The molecule has 0 amide bonds. The molecule has 3 rings (SSSR count). The van der Waals surface area contributed by atoms with E-state index in [1.807, 2.05) is 42.5 Å². The highest BCUT2D eigenvalue weighted by atomic mass is 32.1. The zero-order chi connectivity index (χ0) is 16.9. The first kappa shape index (κ1) is 16.7. The molecule has 2 aromatic carbocycles. The number of nitrogens with zero attached hydrogens (tertiary/aromatic N) is 1. The summed E-state index contributed by atoms with van der Waals surface area (Å²) in [6, 6.07) is 18.0. The third-order valence-electron chi connectivity index (χ3n) is 4.04. The fraction of sp³-hybridized carbons (Fsp3) is 0.250. The van der Waals surface area contributed by atoms with E-state index in [9.17, 15) is 0 Å². The number of nitrogens with two attached hydrogens (primary N) is 1. The second kappa shape index (κ2) is 7.60. The van der Waals surface area contributed by atoms with E-state index < -0.39 is 0 Å². The van der Waals surface area contributed by atoms with Crippen LogP contribution in [-0.2, 0) is 6.42 Å². The van der Waals surface area contributed by atoms with E-state index in [-0.39, 0.29) is 5.92 Å². The minimum atomic E-state index is 0.245. The molecule has 0 radical (unpaired) electrons. The summed E-state index contributed by atoms with van der Waals surface area (Å²) in [5.41, 5.74) is 8.33. The molecule has 0 spiro atoms. The van der Waals surface area contributed by atoms with Crippen LogP contribution in [0.4, 0.5) is 0 Å². The molecule has 3 aromatic rings. The molecular weight excluding hydrogens is 316 g/mol. The van der Waals surface area contributed by atoms with E-state index in [4.69, 9.17) is 10.5 Å². The van der Waals surface area contributed by atoms with Gasteiger partial charge in [-0.2, -0.15) is 0 Å². The van der Waals surface area contributed by atoms with Gasteiger partial charge in [-0.05, 0) is 50.1 Å². The van der Waals surface area contributed by atoms with Gasteiger partial charge in [0.05, 0.1) is 10.7 Å². The summed E-state index contributed by atoms with van der Waals surface area (Å²) < 4.78 is 5.92. The second-order valence-electron chi connectivity index (χ2n) is 5.89. The SMILES string of the molecule is Cc1nc(C(CN)Cc2cccc(Oc3ccccc3)c2)sc1C. The maximum Gasteiger partial charge on any atom is 0.127 e. The molecule has 1 unspecified atom stereocenters. The summed E-state index contributed by atoms with van der Waals surface area (Å²) in [6.07, 6.45) is 0.870. The Hall–Kier alpha value is -2.17. The van der Waals surface area contributed by atoms with E-state index in [1.165, 1.54) is 10.4 Å². The molecule has 24 heavy (non-hydrogen) atoms. The Morgan fingerprint density at radius 3 is 2.46 bits per heavy atom. The Morgan fingerprint density at radius 1 is 1.04 bits per heavy atom. The van der Waals surface area contributed by atoms with Crippen molar-refractivity contribution < 1.29 is 4.74 Å². The van der Waals surface area contributed by atoms with Crippen LogP contribution in [0.2, 0.25) is 0 Å². The molecule has 2 N–H and O–H groups in total. The Labute approximate surface area is 147 Å². The van der Waals surface area contributed by atoms with Crippen molar-refractivity contribution in [1.82, 2.24) is 4.98 Å². The van der Waals surface area contributed by atoms with Crippen molar-refractivity contribution in [3.05, 3.63) is 75.7 Å². The predicted octanol–water partition coefficient (Wildman–Crippen LogP) is 4.84. The monoisotopic (exact) mass is 338 g/mol. The molecule has 3 nitrogen and oxygen atoms in total. The summed E-state index contributed by atoms with van der Waals surface area (Å²) in [5, 5.41) is 1.13. The molecule has 1 atom stereocenters. The Balaban J connectivity index is 1.75. The van der Waals surface area contributed by atoms with Gasteiger partial charge in [0, 0.05) is 17.3 Å². The van der Waals surface area contributed by atoms with Crippen molar-refractivity contribution in [2.45, 2.75) is 26.2 Å². The largest absolute Gasteiger partial charge is 0.457 e. The number of ether oxygens (including phenoxy) is 1. The first-order valence-electron chi connectivity index (χ1n) is 8.11. The van der Waals surface area contributed by atoms with E-state index >= 15 is 0 Å². The summed E-state index contributed by atoms with van der Waals surface area (Å²) in [6.45, 7) is 4.76. The lowest BCUT2D eigenvalue weighted by atomic mass is 10.00. The van der Waals surface area contributed by atoms with Crippen LogP contribution < -0.4 is 10.5 Å². The molecule has 0 saturated carbocycles. The molecule has 124 valence electrons. The van der Waals surface area contributed by atoms with Crippen LogP contribution in [0.15, 0.2) is 54.6 Å². The maximum atomic E-state index is 6.01. The lowest BCUT2D eigenvalue weighted by Crippen LogP contribution is -2.15. The molecule has 0 aliphatic heterocycles. The van der Waals surface area contributed by atoms with Gasteiger partial charge in [0.2, 0.25) is 0 Å². The average molecular weight is 338 g/mol. The average Bonchev–Trinajstić information content (AvgIpc) is 2.93. The minimum Gasteiger partial charge on any atom is -0.457 e. The van der Waals surface area contributed by atoms with Gasteiger partial charge in [-0.3, -0.25) is 0 Å². The number of para-hydroxylation sites is 1. The minimum absolute atomic E-state index is 0.245. The van der Waals surface area contributed by atoms with Crippen LogP contribution in [0.3, 0.4) is 0 Å². The van der Waals surface area contributed by atoms with Crippen LogP contribution in [0.25, 0.3) is 0 Å². The summed E-state index contributed by atoms with van der Waals surface area (Å²) in [4.78, 5) is 5.94. The van der Waals surface area contributed by atoms with Gasteiger partial charge >= 0.3 is 0 Å². The maximum absolute atomic E-state index is 6.01. The molecular formula is C20H22N2OS. The fourth-order valence-corrected chi connectivity index (χ4v) is 3.62. The topological polar surface area (TPSA) is 48.1 Å². The summed E-state index contributed by atoms with van der Waals surface area (Å²) in [7, 11) is 0. The number of aryl methyl sites for hydroxylation is 2. The molecule has 4 heteroatoms. The first-order chi connectivity index (χ1) is 11.7. The third kappa shape index (κ3) is 4.02. The zero-order valence-electron chi connectivity index (χ0n) is 14.0. The summed E-state index contributed by atoms with van der Waals surface area (Å²) in [5.74, 6) is 1.94. The standard InChI is InChI=1S/C20H22N2OS/c1-14-15(2)24-20(22-14)17(13-21)11-16-7-6-10-19(12-16)23-18-8-4-3-5-9-18/h3-10,12,17H,11,13,21H2,1-2H3. The highest BCUT2D eigenvalue weighted by Crippen LogP contribution is 2.28. The number of hydrogen-bond donors (Lipinski definition) is 1. The predicted molar refractivity (Wildman–Crippen MR) is 100 cm³/mol. The molecule has 0 bridgehead atoms. The van der Waals surface area contributed by atoms with E-state index in [0.717, 1.165) is 28.6 Å². The van der Waals surface area contributed by atoms with Gasteiger partial charge in [0.1, 0.15) is 11.5 Å². The smallest absolute Gasteiger partial charge is 0.127 e. The number of benzene rings is 2. The lowest BCUT2D eigenvalue weighted by Gasteiger charge is -2.13. The third-order valence-corrected chi connectivity index (χ3v) is 5.27. The number of thiazole rings is 1. The van der Waals surface area contributed by atoms with Crippen LogP contribution in [0.5, 0.6) is 11.5 Å². The Kier molecular flexibility index (Phi) is 5.28. The molecule has 0 saturated heterocycles. The Morgan fingerprint density at radius 2 is 1.79 bits per heavy atom. The number of aromatic nitrogens is 1. The van der Waals surface area contributed by atoms with Crippen molar-refractivity contribution in [2.24, 2.45) is 5.73 Å². The van der Waals surface area contributed by atoms with Crippen molar-refractivity contribution in [1.29, 1.82) is 0 Å². The van der Waals surface area contributed by atoms with Gasteiger partial charge < -0.3 is 10.5 Å². The Bertz CT molecular complexity index is 779. The van der Waals surface area contributed by atoms with Crippen molar-refractivity contribution in [2.75, 3.05) is 6.54 Å². The normalized spacial score (nSPS) is 12.1. The van der Waals surface area contributed by atoms with E-state index in [0.29, 0.717) is 6.54 Å². The molecule has 0 aliphatic carbocycles. The summed E-state index contributed by atoms with van der Waals surface area (Å²) >= 11 is 1.75. The van der Waals surface area contributed by atoms with Gasteiger partial charge in [-0.15, -0.1) is 11.3 Å². The molecule has 0 aliphatic rings. The van der Waals surface area contributed by atoms with E-state index in [1.54, 1.807) is 11.3 Å². The van der Waals surface area contributed by atoms with Crippen molar-refractivity contribution in [3.63, 3.8) is 0 Å². The van der Waals surface area contributed by atoms with Crippen LogP contribution in [-0.4, -0.2) is 11.5 Å². The second-order valence-corrected chi connectivity index (χ2v) is 7.13. The highest BCUT2D eigenvalue weighted by Gasteiger charge is 2.16. The van der Waals surface area contributed by atoms with Gasteiger partial charge in [-0.1, -0.05) is 30.3 Å². The van der Waals surface area contributed by atoms with Crippen LogP contribution >= 0.6 is 11.3 Å². The van der Waals surface area contributed by atoms with E-state index in [2.05, 4.69) is 31.0 Å². The fourth-order valence-electron chi connectivity index (χ4n) is 2.59. The van der Waals surface area contributed by atoms with Gasteiger partial charge in [0.25, 0.3) is 0 Å². The van der Waals surface area contributed by atoms with Crippen LogP contribution in [0.1, 0.15) is 27.1 Å². The van der Waals surface area contributed by atoms with Crippen molar-refractivity contribution in [3.8, 4) is 11.5 Å². The van der Waals surface area contributed by atoms with Crippen LogP contribution in [0, 0.1) is 13.8 Å². The number of hydrogen-bond acceptors (Lipinski definition) is 4. The lowest BCUT2D eigenvalue weighted by molar-refractivity contribution is 0.481.